The lowest BCUT2D eigenvalue weighted by atomic mass is 9.97. The minimum atomic E-state index is -0.880. The Hall–Kier alpha value is -5.19. The molecule has 0 radical (unpaired) electrons. The zero-order chi connectivity index (χ0) is 34.9. The number of ether oxygens (including phenoxy) is 2. The van der Waals surface area contributed by atoms with Crippen LogP contribution in [0, 0.1) is 6.92 Å². The van der Waals surface area contributed by atoms with Crippen LogP contribution in [0.2, 0.25) is 0 Å². The largest absolute Gasteiger partial charge is 0.497 e. The number of hydrogen-bond donors (Lipinski definition) is 3. The van der Waals surface area contributed by atoms with Gasteiger partial charge in [0.15, 0.2) is 0 Å². The van der Waals surface area contributed by atoms with E-state index in [4.69, 9.17) is 9.47 Å². The third-order valence-corrected chi connectivity index (χ3v) is 9.20. The van der Waals surface area contributed by atoms with Gasteiger partial charge < -0.3 is 30.1 Å². The van der Waals surface area contributed by atoms with Crippen molar-refractivity contribution in [3.8, 4) is 22.6 Å². The maximum absolute atomic E-state index is 13.8. The highest BCUT2D eigenvalue weighted by molar-refractivity contribution is 7.09. The third-order valence-electron chi connectivity index (χ3n) is 8.25. The second kappa shape index (κ2) is 16.3. The van der Waals surface area contributed by atoms with Crippen LogP contribution in [-0.2, 0) is 19.5 Å². The number of benzene rings is 4. The molecule has 1 aromatic heterocycles. The van der Waals surface area contributed by atoms with E-state index in [9.17, 15) is 14.7 Å². The Labute approximate surface area is 291 Å². The van der Waals surface area contributed by atoms with Crippen molar-refractivity contribution in [2.75, 3.05) is 26.6 Å². The van der Waals surface area contributed by atoms with E-state index in [2.05, 4.69) is 15.6 Å². The van der Waals surface area contributed by atoms with E-state index in [1.54, 1.807) is 51.3 Å². The molecule has 3 N–H and O–H groups in total. The second-order valence-corrected chi connectivity index (χ2v) is 12.9. The Morgan fingerprint density at radius 1 is 0.939 bits per heavy atom. The monoisotopic (exact) mass is 678 g/mol. The summed E-state index contributed by atoms with van der Waals surface area (Å²) in [5.41, 5.74) is 5.85. The van der Waals surface area contributed by atoms with Gasteiger partial charge in [0.05, 0.1) is 32.9 Å². The van der Waals surface area contributed by atoms with Crippen LogP contribution in [0.25, 0.3) is 11.1 Å². The lowest BCUT2D eigenvalue weighted by molar-refractivity contribution is 0.0785. The zero-order valence-corrected chi connectivity index (χ0v) is 29.2. The number of thiazole rings is 1. The van der Waals surface area contributed by atoms with E-state index in [0.29, 0.717) is 42.0 Å². The van der Waals surface area contributed by atoms with Crippen molar-refractivity contribution in [3.05, 3.63) is 129 Å². The Morgan fingerprint density at radius 3 is 2.45 bits per heavy atom. The molecule has 9 nitrogen and oxygen atoms in total. The summed E-state index contributed by atoms with van der Waals surface area (Å²) in [5, 5.41) is 20.5. The first-order valence-corrected chi connectivity index (χ1v) is 16.9. The quantitative estimate of drug-likeness (QED) is 0.119. The van der Waals surface area contributed by atoms with E-state index >= 15 is 0 Å². The van der Waals surface area contributed by atoms with Crippen molar-refractivity contribution in [1.82, 2.24) is 15.2 Å². The molecule has 0 saturated carbocycles. The normalized spacial score (nSPS) is 12.1. The fourth-order valence-corrected chi connectivity index (χ4v) is 6.35. The van der Waals surface area contributed by atoms with E-state index < -0.39 is 18.1 Å². The topological polar surface area (TPSA) is 113 Å². The molecule has 49 heavy (non-hydrogen) atoms. The van der Waals surface area contributed by atoms with Crippen LogP contribution in [-0.4, -0.2) is 60.2 Å². The van der Waals surface area contributed by atoms with Crippen molar-refractivity contribution < 1.29 is 24.2 Å². The first-order valence-electron chi connectivity index (χ1n) is 16.0. The highest BCUT2D eigenvalue weighted by atomic mass is 32.1. The molecular weight excluding hydrogens is 637 g/mol. The van der Waals surface area contributed by atoms with Crippen LogP contribution in [0.5, 0.6) is 11.5 Å². The van der Waals surface area contributed by atoms with Crippen molar-refractivity contribution >= 4 is 28.8 Å². The fourth-order valence-electron chi connectivity index (χ4n) is 5.53. The smallest absolute Gasteiger partial charge is 0.254 e. The van der Waals surface area contributed by atoms with Crippen molar-refractivity contribution in [3.63, 3.8) is 0 Å². The van der Waals surface area contributed by atoms with Gasteiger partial charge in [0.1, 0.15) is 16.5 Å². The molecule has 5 rings (SSSR count). The molecule has 254 valence electrons. The first kappa shape index (κ1) is 35.1. The lowest BCUT2D eigenvalue weighted by Crippen LogP contribution is -2.42. The molecule has 5 aromatic rings. The first-order chi connectivity index (χ1) is 23.6. The number of aliphatic hydroxyl groups excluding tert-OH is 1. The number of nitrogens with zero attached hydrogens (tertiary/aromatic N) is 2. The summed E-state index contributed by atoms with van der Waals surface area (Å²) in [6.45, 7) is 4.62. The molecule has 1 heterocycles. The fraction of sp³-hybridized carbons (Fsp3) is 0.256. The molecular formula is C39H42N4O5S. The number of methoxy groups -OCH3 is 2. The Balaban J connectivity index is 1.33. The average molecular weight is 679 g/mol. The maximum Gasteiger partial charge on any atom is 0.254 e. The molecule has 4 aromatic carbocycles. The van der Waals surface area contributed by atoms with Crippen molar-refractivity contribution in [1.29, 1.82) is 0 Å². The van der Waals surface area contributed by atoms with E-state index in [-0.39, 0.29) is 5.91 Å². The van der Waals surface area contributed by atoms with Gasteiger partial charge >= 0.3 is 0 Å². The average Bonchev–Trinajstić information content (AvgIpc) is 3.54. The van der Waals surface area contributed by atoms with Gasteiger partial charge in [0, 0.05) is 53.5 Å². The molecule has 0 fully saturated rings. The van der Waals surface area contributed by atoms with Crippen molar-refractivity contribution in [2.24, 2.45) is 0 Å². The van der Waals surface area contributed by atoms with Crippen LogP contribution in [0.3, 0.4) is 0 Å². The van der Waals surface area contributed by atoms with E-state index in [1.165, 1.54) is 11.3 Å². The minimum Gasteiger partial charge on any atom is -0.497 e. The SMILES string of the molecule is COc1cccc(CNc2ccccc2C[C@@H](O)[C@H](C)NC(=O)c2cc(C(=O)N(C)Cc3nc(C)cs3)cc(-c3ccccc3OC)c2)c1. The maximum atomic E-state index is 13.8. The molecule has 0 aliphatic heterocycles. The molecule has 2 atom stereocenters. The predicted octanol–water partition coefficient (Wildman–Crippen LogP) is 6.74. The number of anilines is 1. The van der Waals surface area contributed by atoms with Crippen LogP contribution < -0.4 is 20.1 Å². The Bertz CT molecular complexity index is 1910. The zero-order valence-electron chi connectivity index (χ0n) is 28.4. The number of aromatic nitrogens is 1. The highest BCUT2D eigenvalue weighted by Crippen LogP contribution is 2.32. The lowest BCUT2D eigenvalue weighted by Gasteiger charge is -2.23. The summed E-state index contributed by atoms with van der Waals surface area (Å²) in [5.74, 6) is 0.757. The molecule has 0 saturated heterocycles. The number of nitrogens with one attached hydrogen (secondary N) is 2. The summed E-state index contributed by atoms with van der Waals surface area (Å²) in [6, 6.07) is 27.6. The van der Waals surface area contributed by atoms with Gasteiger partial charge in [-0.2, -0.15) is 0 Å². The number of aryl methyl sites for hydroxylation is 1. The van der Waals surface area contributed by atoms with Gasteiger partial charge in [-0.05, 0) is 73.0 Å². The van der Waals surface area contributed by atoms with Crippen LogP contribution >= 0.6 is 11.3 Å². The van der Waals surface area contributed by atoms with Crippen LogP contribution in [0.1, 0.15) is 49.5 Å². The van der Waals surface area contributed by atoms with Gasteiger partial charge in [0.25, 0.3) is 11.8 Å². The number of carbonyl (C=O) groups is 2. The Morgan fingerprint density at radius 2 is 1.69 bits per heavy atom. The number of rotatable bonds is 14. The highest BCUT2D eigenvalue weighted by Gasteiger charge is 2.23. The second-order valence-electron chi connectivity index (χ2n) is 11.9. The van der Waals surface area contributed by atoms with E-state index in [0.717, 1.165) is 38.8 Å². The summed E-state index contributed by atoms with van der Waals surface area (Å²) in [7, 11) is 4.95. The predicted molar refractivity (Wildman–Crippen MR) is 194 cm³/mol. The number of amides is 2. The van der Waals surface area contributed by atoms with Crippen LogP contribution in [0.4, 0.5) is 5.69 Å². The van der Waals surface area contributed by atoms with E-state index in [1.807, 2.05) is 85.1 Å². The Kier molecular flexibility index (Phi) is 11.7. The van der Waals surface area contributed by atoms with Gasteiger partial charge in [-0.15, -0.1) is 11.3 Å². The molecule has 10 heteroatoms. The molecule has 0 aliphatic carbocycles. The molecule has 0 spiro atoms. The summed E-state index contributed by atoms with van der Waals surface area (Å²) < 4.78 is 10.9. The minimum absolute atomic E-state index is 0.246. The number of carbonyl (C=O) groups excluding carboxylic acids is 2. The third kappa shape index (κ3) is 9.04. The molecule has 0 aliphatic rings. The number of aliphatic hydroxyl groups is 1. The molecule has 0 bridgehead atoms. The molecule has 2 amide bonds. The number of hydrogen-bond acceptors (Lipinski definition) is 8. The van der Waals surface area contributed by atoms with Gasteiger partial charge in [-0.1, -0.05) is 48.5 Å². The summed E-state index contributed by atoms with van der Waals surface area (Å²) in [4.78, 5) is 33.5. The van der Waals surface area contributed by atoms with Crippen molar-refractivity contribution in [2.45, 2.75) is 45.5 Å². The van der Waals surface area contributed by atoms with Gasteiger partial charge in [-0.25, -0.2) is 4.98 Å². The summed E-state index contributed by atoms with van der Waals surface area (Å²) >= 11 is 1.50. The summed E-state index contributed by atoms with van der Waals surface area (Å²) in [6.07, 6.45) is -0.565. The molecule has 0 unspecified atom stereocenters. The number of para-hydroxylation sites is 2. The van der Waals surface area contributed by atoms with Gasteiger partial charge in [-0.3, -0.25) is 9.59 Å². The van der Waals surface area contributed by atoms with Gasteiger partial charge in [0.2, 0.25) is 0 Å². The standard InChI is InChI=1S/C39H42N4O5S/c1-25-24-49-37(41-25)23-43(3)39(46)31-19-29(33-14-7-9-16-36(33)48-5)18-30(20-31)38(45)42-26(2)35(44)21-28-12-6-8-15-34(28)40-22-27-11-10-13-32(17-27)47-4/h6-20,24,26,35,40,44H,21-23H2,1-5H3,(H,42,45)/t26-,35+/m0/s1. The van der Waals surface area contributed by atoms with Crippen LogP contribution in [0.15, 0.2) is 96.4 Å².